The molecular weight excluding hydrogens is 490 g/mol. The Morgan fingerprint density at radius 2 is 1.67 bits per heavy atom. The summed E-state index contributed by atoms with van der Waals surface area (Å²) in [4.78, 5) is 5.25. The molecule has 6 rings (SSSR count). The lowest BCUT2D eigenvalue weighted by molar-refractivity contribution is 0.374. The highest BCUT2D eigenvalue weighted by Gasteiger charge is 2.39. The molecule has 1 unspecified atom stereocenters. The molecular formula is C29H26ClN3O2S. The number of hydrogen-bond donors (Lipinski definition) is 0. The molecule has 7 heteroatoms. The second-order valence-corrected chi connectivity index (χ2v) is 11.6. The van der Waals surface area contributed by atoms with E-state index in [0.717, 1.165) is 53.4 Å². The first-order valence-electron chi connectivity index (χ1n) is 12.2. The fourth-order valence-electron chi connectivity index (χ4n) is 5.25. The lowest BCUT2D eigenvalue weighted by Crippen LogP contribution is -2.32. The molecule has 5 aromatic rings. The first kappa shape index (κ1) is 23.2. The number of aromatic nitrogens is 2. The van der Waals surface area contributed by atoms with Crippen LogP contribution >= 0.6 is 11.6 Å². The van der Waals surface area contributed by atoms with E-state index in [9.17, 15) is 8.42 Å². The van der Waals surface area contributed by atoms with E-state index in [2.05, 4.69) is 22.8 Å². The molecule has 1 fully saturated rings. The van der Waals surface area contributed by atoms with Crippen molar-refractivity contribution in [2.75, 3.05) is 6.54 Å². The summed E-state index contributed by atoms with van der Waals surface area (Å²) < 4.78 is 31.7. The van der Waals surface area contributed by atoms with Gasteiger partial charge in [0.05, 0.1) is 22.0 Å². The third kappa shape index (κ3) is 4.19. The minimum absolute atomic E-state index is 0.288. The van der Waals surface area contributed by atoms with Gasteiger partial charge in [0.2, 0.25) is 10.0 Å². The largest absolute Gasteiger partial charge is 0.326 e. The number of imidazole rings is 1. The van der Waals surface area contributed by atoms with Crippen molar-refractivity contribution in [2.45, 2.75) is 36.7 Å². The molecule has 1 saturated heterocycles. The van der Waals surface area contributed by atoms with Gasteiger partial charge in [0, 0.05) is 18.1 Å². The molecule has 0 spiro atoms. The number of benzene rings is 4. The molecule has 0 amide bonds. The van der Waals surface area contributed by atoms with E-state index in [1.807, 2.05) is 54.6 Å². The Balaban J connectivity index is 1.39. The van der Waals surface area contributed by atoms with Crippen LogP contribution in [0.3, 0.4) is 0 Å². The van der Waals surface area contributed by atoms with Gasteiger partial charge in [0.15, 0.2) is 0 Å². The summed E-state index contributed by atoms with van der Waals surface area (Å²) >= 11 is 6.17. The van der Waals surface area contributed by atoms with Crippen molar-refractivity contribution in [1.29, 1.82) is 0 Å². The highest BCUT2D eigenvalue weighted by Crippen LogP contribution is 2.38. The standard InChI is InChI=1S/C29H26ClN3O2S/c30-24-14-12-22-13-15-25(20-23(22)19-24)36(34,35)33-17-6-11-28(33)29-31-26-9-4-5-10-27(26)32(29)18-16-21-7-2-1-3-8-21/h1-5,7-10,12-15,19-20,28H,6,11,16-18H2. The van der Waals surface area contributed by atoms with Crippen molar-refractivity contribution in [3.63, 3.8) is 0 Å². The van der Waals surface area contributed by atoms with Crippen LogP contribution in [0.25, 0.3) is 21.8 Å². The molecule has 1 aliphatic rings. The van der Waals surface area contributed by atoms with Crippen molar-refractivity contribution >= 4 is 43.4 Å². The minimum atomic E-state index is -3.72. The SMILES string of the molecule is O=S(=O)(c1ccc2ccc(Cl)cc2c1)N1CCCC1c1nc2ccccc2n1CCc1ccccc1. The molecule has 1 aromatic heterocycles. The molecule has 4 aromatic carbocycles. The number of nitrogens with zero attached hydrogens (tertiary/aromatic N) is 3. The number of hydrogen-bond acceptors (Lipinski definition) is 3. The van der Waals surface area contributed by atoms with E-state index in [1.54, 1.807) is 22.5 Å². The smallest absolute Gasteiger partial charge is 0.243 e. The molecule has 1 atom stereocenters. The van der Waals surface area contributed by atoms with E-state index in [1.165, 1.54) is 5.56 Å². The Bertz CT molecular complexity index is 1660. The third-order valence-corrected chi connectivity index (χ3v) is 9.17. The number of aryl methyl sites for hydroxylation is 2. The summed E-state index contributed by atoms with van der Waals surface area (Å²) in [5, 5.41) is 2.36. The molecule has 0 N–H and O–H groups in total. The van der Waals surface area contributed by atoms with E-state index in [4.69, 9.17) is 16.6 Å². The Morgan fingerprint density at radius 3 is 2.53 bits per heavy atom. The summed E-state index contributed by atoms with van der Waals surface area (Å²) in [5.74, 6) is 0.817. The summed E-state index contributed by atoms with van der Waals surface area (Å²) in [6, 6.07) is 28.9. The zero-order valence-corrected chi connectivity index (χ0v) is 21.3. The highest BCUT2D eigenvalue weighted by molar-refractivity contribution is 7.89. The minimum Gasteiger partial charge on any atom is -0.326 e. The third-order valence-electron chi connectivity index (χ3n) is 7.03. The number of halogens is 1. The van der Waals surface area contributed by atoms with Gasteiger partial charge in [-0.25, -0.2) is 13.4 Å². The predicted molar refractivity (Wildman–Crippen MR) is 145 cm³/mol. The quantitative estimate of drug-likeness (QED) is 0.255. The topological polar surface area (TPSA) is 55.2 Å². The fraction of sp³-hybridized carbons (Fsp3) is 0.207. The zero-order valence-electron chi connectivity index (χ0n) is 19.7. The van der Waals surface area contributed by atoms with E-state index in [-0.39, 0.29) is 10.9 Å². The normalized spacial score (nSPS) is 16.8. The van der Waals surface area contributed by atoms with Gasteiger partial charge in [-0.15, -0.1) is 0 Å². The second-order valence-electron chi connectivity index (χ2n) is 9.27. The highest BCUT2D eigenvalue weighted by atomic mass is 35.5. The summed E-state index contributed by atoms with van der Waals surface area (Å²) in [6.07, 6.45) is 2.39. The molecule has 36 heavy (non-hydrogen) atoms. The average Bonchev–Trinajstić information content (AvgIpc) is 3.53. The van der Waals surface area contributed by atoms with Crippen molar-refractivity contribution in [2.24, 2.45) is 0 Å². The molecule has 182 valence electrons. The van der Waals surface area contributed by atoms with Crippen LogP contribution in [0.2, 0.25) is 5.02 Å². The summed E-state index contributed by atoms with van der Waals surface area (Å²) in [6.45, 7) is 1.21. The van der Waals surface area contributed by atoms with Gasteiger partial charge in [-0.2, -0.15) is 4.31 Å². The molecule has 0 radical (unpaired) electrons. The lowest BCUT2D eigenvalue weighted by Gasteiger charge is -2.25. The van der Waals surface area contributed by atoms with Crippen LogP contribution in [0.15, 0.2) is 95.9 Å². The van der Waals surface area contributed by atoms with Crippen LogP contribution in [0.5, 0.6) is 0 Å². The van der Waals surface area contributed by atoms with Crippen molar-refractivity contribution in [1.82, 2.24) is 13.9 Å². The van der Waals surface area contributed by atoms with Crippen LogP contribution < -0.4 is 0 Å². The van der Waals surface area contributed by atoms with E-state index < -0.39 is 10.0 Å². The van der Waals surface area contributed by atoms with Crippen molar-refractivity contribution < 1.29 is 8.42 Å². The van der Waals surface area contributed by atoms with Gasteiger partial charge in [-0.3, -0.25) is 0 Å². The molecule has 0 aliphatic carbocycles. The second kappa shape index (κ2) is 9.36. The van der Waals surface area contributed by atoms with Crippen LogP contribution in [-0.2, 0) is 23.0 Å². The van der Waals surface area contributed by atoms with Gasteiger partial charge in [-0.05, 0) is 72.0 Å². The number of fused-ring (bicyclic) bond motifs is 2. The van der Waals surface area contributed by atoms with Gasteiger partial charge in [0.25, 0.3) is 0 Å². The predicted octanol–water partition coefficient (Wildman–Crippen LogP) is 6.61. The van der Waals surface area contributed by atoms with Gasteiger partial charge in [0.1, 0.15) is 5.82 Å². The Labute approximate surface area is 216 Å². The Hall–Kier alpha value is -3.19. The Kier molecular flexibility index (Phi) is 6.04. The van der Waals surface area contributed by atoms with Gasteiger partial charge < -0.3 is 4.57 Å². The molecule has 5 nitrogen and oxygen atoms in total. The van der Waals surface area contributed by atoms with Crippen LogP contribution in [0, 0.1) is 0 Å². The van der Waals surface area contributed by atoms with Gasteiger partial charge in [-0.1, -0.05) is 66.2 Å². The maximum atomic E-state index is 13.9. The van der Waals surface area contributed by atoms with Crippen LogP contribution in [0.1, 0.15) is 30.3 Å². The molecule has 2 heterocycles. The van der Waals surface area contributed by atoms with E-state index in [0.29, 0.717) is 11.6 Å². The maximum absolute atomic E-state index is 13.9. The van der Waals surface area contributed by atoms with Gasteiger partial charge >= 0.3 is 0 Å². The molecule has 1 aliphatic heterocycles. The first-order valence-corrected chi connectivity index (χ1v) is 14.0. The maximum Gasteiger partial charge on any atom is 0.243 e. The number of para-hydroxylation sites is 2. The summed E-state index contributed by atoms with van der Waals surface area (Å²) in [5.41, 5.74) is 3.17. The fourth-order valence-corrected chi connectivity index (χ4v) is 7.12. The van der Waals surface area contributed by atoms with Crippen molar-refractivity contribution in [3.8, 4) is 0 Å². The van der Waals surface area contributed by atoms with E-state index >= 15 is 0 Å². The van der Waals surface area contributed by atoms with Crippen molar-refractivity contribution in [3.05, 3.63) is 107 Å². The van der Waals surface area contributed by atoms with Crippen LogP contribution in [0.4, 0.5) is 0 Å². The Morgan fingerprint density at radius 1 is 0.889 bits per heavy atom. The first-order chi connectivity index (χ1) is 17.5. The zero-order chi connectivity index (χ0) is 24.7. The lowest BCUT2D eigenvalue weighted by atomic mass is 10.1. The average molecular weight is 516 g/mol. The van der Waals surface area contributed by atoms with Crippen LogP contribution in [-0.4, -0.2) is 28.8 Å². The monoisotopic (exact) mass is 515 g/mol. The molecule has 0 bridgehead atoms. The summed E-state index contributed by atoms with van der Waals surface area (Å²) in [7, 11) is -3.72. The number of sulfonamides is 1. The number of rotatable bonds is 6. The molecule has 0 saturated carbocycles.